The van der Waals surface area contributed by atoms with Crippen molar-refractivity contribution in [3.8, 4) is 5.75 Å². The highest BCUT2D eigenvalue weighted by atomic mass is 16.5. The van der Waals surface area contributed by atoms with Crippen molar-refractivity contribution in [1.29, 1.82) is 0 Å². The normalized spacial score (nSPS) is 16.0. The van der Waals surface area contributed by atoms with E-state index in [1.165, 1.54) is 5.69 Å². The molecule has 3 rings (SSSR count). The predicted molar refractivity (Wildman–Crippen MR) is 86.5 cm³/mol. The SMILES string of the molecule is COc1ccc(N2CCN(Cc3nc(C)c(C)o3)CC2)cc1. The number of aromatic nitrogens is 1. The molecular formula is C17H23N3O2. The molecule has 5 nitrogen and oxygen atoms in total. The van der Waals surface area contributed by atoms with Gasteiger partial charge in [0.05, 0.1) is 19.3 Å². The van der Waals surface area contributed by atoms with Crippen LogP contribution in [0, 0.1) is 13.8 Å². The Labute approximate surface area is 131 Å². The molecule has 0 radical (unpaired) electrons. The number of methoxy groups -OCH3 is 1. The number of piperazine rings is 1. The quantitative estimate of drug-likeness (QED) is 0.868. The van der Waals surface area contributed by atoms with Gasteiger partial charge in [0, 0.05) is 31.9 Å². The Bertz CT molecular complexity index is 594. The summed E-state index contributed by atoms with van der Waals surface area (Å²) in [4.78, 5) is 9.26. The van der Waals surface area contributed by atoms with Crippen LogP contribution >= 0.6 is 0 Å². The van der Waals surface area contributed by atoms with Crippen molar-refractivity contribution in [3.63, 3.8) is 0 Å². The van der Waals surface area contributed by atoms with Gasteiger partial charge in [-0.05, 0) is 38.1 Å². The zero-order chi connectivity index (χ0) is 15.5. The summed E-state index contributed by atoms with van der Waals surface area (Å²) >= 11 is 0. The number of oxazole rings is 1. The van der Waals surface area contributed by atoms with Crippen molar-refractivity contribution in [2.24, 2.45) is 0 Å². The smallest absolute Gasteiger partial charge is 0.208 e. The van der Waals surface area contributed by atoms with Crippen LogP contribution in [0.3, 0.4) is 0 Å². The van der Waals surface area contributed by atoms with Crippen LogP contribution in [0.4, 0.5) is 5.69 Å². The molecule has 5 heteroatoms. The molecule has 2 aromatic rings. The molecule has 1 saturated heterocycles. The first kappa shape index (κ1) is 14.9. The molecule has 2 heterocycles. The number of hydrogen-bond acceptors (Lipinski definition) is 5. The first-order valence-electron chi connectivity index (χ1n) is 7.70. The van der Waals surface area contributed by atoms with Crippen molar-refractivity contribution >= 4 is 5.69 Å². The minimum atomic E-state index is 0.797. The third-order valence-electron chi connectivity index (χ3n) is 4.24. The van der Waals surface area contributed by atoms with Crippen molar-refractivity contribution in [2.45, 2.75) is 20.4 Å². The maximum atomic E-state index is 5.67. The molecule has 22 heavy (non-hydrogen) atoms. The monoisotopic (exact) mass is 301 g/mol. The molecule has 0 amide bonds. The van der Waals surface area contributed by atoms with Gasteiger partial charge in [-0.25, -0.2) is 4.98 Å². The van der Waals surface area contributed by atoms with Crippen LogP contribution in [-0.4, -0.2) is 43.2 Å². The fourth-order valence-corrected chi connectivity index (χ4v) is 2.76. The van der Waals surface area contributed by atoms with Gasteiger partial charge in [-0.3, -0.25) is 4.90 Å². The first-order valence-corrected chi connectivity index (χ1v) is 7.70. The molecule has 0 unspecified atom stereocenters. The van der Waals surface area contributed by atoms with Crippen LogP contribution in [0.1, 0.15) is 17.3 Å². The van der Waals surface area contributed by atoms with Crippen molar-refractivity contribution < 1.29 is 9.15 Å². The third-order valence-corrected chi connectivity index (χ3v) is 4.24. The van der Waals surface area contributed by atoms with E-state index in [0.29, 0.717) is 0 Å². The van der Waals surface area contributed by atoms with Crippen molar-refractivity contribution in [3.05, 3.63) is 41.6 Å². The Morgan fingerprint density at radius 1 is 1.09 bits per heavy atom. The van der Waals surface area contributed by atoms with Gasteiger partial charge in [0.1, 0.15) is 11.5 Å². The molecule has 1 aliphatic rings. The predicted octanol–water partition coefficient (Wildman–Crippen LogP) is 2.62. The topological polar surface area (TPSA) is 41.7 Å². The summed E-state index contributed by atoms with van der Waals surface area (Å²) in [6.07, 6.45) is 0. The van der Waals surface area contributed by atoms with Gasteiger partial charge >= 0.3 is 0 Å². The van der Waals surface area contributed by atoms with E-state index >= 15 is 0 Å². The number of rotatable bonds is 4. The molecular weight excluding hydrogens is 278 g/mol. The van der Waals surface area contributed by atoms with E-state index in [1.807, 2.05) is 26.0 Å². The fraction of sp³-hybridized carbons (Fsp3) is 0.471. The fourth-order valence-electron chi connectivity index (χ4n) is 2.76. The average Bonchev–Trinajstić information content (AvgIpc) is 2.86. The highest BCUT2D eigenvalue weighted by Gasteiger charge is 2.19. The van der Waals surface area contributed by atoms with E-state index in [9.17, 15) is 0 Å². The van der Waals surface area contributed by atoms with E-state index in [0.717, 1.165) is 55.8 Å². The van der Waals surface area contributed by atoms with Crippen LogP contribution in [-0.2, 0) is 6.54 Å². The summed E-state index contributed by atoms with van der Waals surface area (Å²) in [6.45, 7) is 8.83. The molecule has 0 atom stereocenters. The lowest BCUT2D eigenvalue weighted by Crippen LogP contribution is -2.46. The van der Waals surface area contributed by atoms with Crippen LogP contribution in [0.15, 0.2) is 28.7 Å². The summed E-state index contributed by atoms with van der Waals surface area (Å²) in [6, 6.07) is 8.27. The number of aryl methyl sites for hydroxylation is 2. The Morgan fingerprint density at radius 2 is 1.77 bits per heavy atom. The second kappa shape index (κ2) is 6.40. The summed E-state index contributed by atoms with van der Waals surface area (Å²) in [5, 5.41) is 0. The molecule has 0 aliphatic carbocycles. The van der Waals surface area contributed by atoms with Crippen LogP contribution in [0.2, 0.25) is 0 Å². The molecule has 0 N–H and O–H groups in total. The lowest BCUT2D eigenvalue weighted by molar-refractivity contribution is 0.225. The minimum absolute atomic E-state index is 0.797. The molecule has 118 valence electrons. The number of nitrogens with zero attached hydrogens (tertiary/aromatic N) is 3. The van der Waals surface area contributed by atoms with Gasteiger partial charge in [-0.1, -0.05) is 0 Å². The van der Waals surface area contributed by atoms with E-state index in [-0.39, 0.29) is 0 Å². The lowest BCUT2D eigenvalue weighted by Gasteiger charge is -2.35. The summed E-state index contributed by atoms with van der Waals surface area (Å²) in [5.41, 5.74) is 2.25. The molecule has 0 bridgehead atoms. The summed E-state index contributed by atoms with van der Waals surface area (Å²) in [5.74, 6) is 2.65. The van der Waals surface area contributed by atoms with E-state index in [2.05, 4.69) is 26.9 Å². The average molecular weight is 301 g/mol. The molecule has 1 fully saturated rings. The van der Waals surface area contributed by atoms with Crippen LogP contribution < -0.4 is 9.64 Å². The maximum Gasteiger partial charge on any atom is 0.208 e. The Kier molecular flexibility index (Phi) is 4.34. The van der Waals surface area contributed by atoms with Gasteiger partial charge < -0.3 is 14.1 Å². The lowest BCUT2D eigenvalue weighted by atomic mass is 10.2. The van der Waals surface area contributed by atoms with Crippen LogP contribution in [0.25, 0.3) is 0 Å². The van der Waals surface area contributed by atoms with Crippen molar-refractivity contribution in [2.75, 3.05) is 38.2 Å². The number of anilines is 1. The number of ether oxygens (including phenoxy) is 1. The largest absolute Gasteiger partial charge is 0.497 e. The van der Waals surface area contributed by atoms with Gasteiger partial charge in [0.2, 0.25) is 5.89 Å². The van der Waals surface area contributed by atoms with Gasteiger partial charge in [-0.2, -0.15) is 0 Å². The summed E-state index contributed by atoms with van der Waals surface area (Å²) in [7, 11) is 1.69. The Balaban J connectivity index is 1.55. The Morgan fingerprint density at radius 3 is 2.32 bits per heavy atom. The molecule has 1 aromatic heterocycles. The Hall–Kier alpha value is -2.01. The van der Waals surface area contributed by atoms with E-state index < -0.39 is 0 Å². The summed E-state index contributed by atoms with van der Waals surface area (Å²) < 4.78 is 10.9. The highest BCUT2D eigenvalue weighted by molar-refractivity contribution is 5.49. The zero-order valence-corrected chi connectivity index (χ0v) is 13.5. The van der Waals surface area contributed by atoms with E-state index in [4.69, 9.17) is 9.15 Å². The molecule has 1 aromatic carbocycles. The number of hydrogen-bond donors (Lipinski definition) is 0. The van der Waals surface area contributed by atoms with Gasteiger partial charge in [-0.15, -0.1) is 0 Å². The second-order valence-corrected chi connectivity index (χ2v) is 5.71. The molecule has 1 aliphatic heterocycles. The standard InChI is InChI=1S/C17H23N3O2/c1-13-14(2)22-17(18-13)12-19-8-10-20(11-9-19)15-4-6-16(21-3)7-5-15/h4-7H,8-12H2,1-3H3. The van der Waals surface area contributed by atoms with Crippen molar-refractivity contribution in [1.82, 2.24) is 9.88 Å². The van der Waals surface area contributed by atoms with E-state index in [1.54, 1.807) is 7.11 Å². The van der Waals surface area contributed by atoms with Crippen LogP contribution in [0.5, 0.6) is 5.75 Å². The third kappa shape index (κ3) is 3.25. The molecule has 0 spiro atoms. The second-order valence-electron chi connectivity index (χ2n) is 5.71. The highest BCUT2D eigenvalue weighted by Crippen LogP contribution is 2.21. The first-order chi connectivity index (χ1) is 10.7. The van der Waals surface area contributed by atoms with Gasteiger partial charge in [0.25, 0.3) is 0 Å². The maximum absolute atomic E-state index is 5.67. The number of benzene rings is 1. The molecule has 0 saturated carbocycles. The minimum Gasteiger partial charge on any atom is -0.497 e. The van der Waals surface area contributed by atoms with Gasteiger partial charge in [0.15, 0.2) is 0 Å². The zero-order valence-electron chi connectivity index (χ0n) is 13.5.